The summed E-state index contributed by atoms with van der Waals surface area (Å²) in [6.45, 7) is 5.99. The second kappa shape index (κ2) is 9.12. The summed E-state index contributed by atoms with van der Waals surface area (Å²) in [5, 5.41) is 12.4. The molecule has 1 aliphatic rings. The number of hydrogen-bond acceptors (Lipinski definition) is 3. The van der Waals surface area contributed by atoms with Crippen LogP contribution in [0.25, 0.3) is 0 Å². The fraction of sp³-hybridized carbons (Fsp3) is 0.500. The molecule has 0 unspecified atom stereocenters. The molecule has 128 valence electrons. The van der Waals surface area contributed by atoms with Crippen molar-refractivity contribution in [3.8, 4) is 6.07 Å². The molecule has 1 aliphatic heterocycles. The van der Waals surface area contributed by atoms with Crippen molar-refractivity contribution in [1.29, 1.82) is 5.26 Å². The highest BCUT2D eigenvalue weighted by Gasteiger charge is 2.15. The molecule has 2 rings (SSSR count). The summed E-state index contributed by atoms with van der Waals surface area (Å²) in [5.41, 5.74) is 3.26. The summed E-state index contributed by atoms with van der Waals surface area (Å²) in [6.07, 6.45) is 8.12. The summed E-state index contributed by atoms with van der Waals surface area (Å²) in [6, 6.07) is 8.15. The van der Waals surface area contributed by atoms with Crippen LogP contribution in [0.15, 0.2) is 30.0 Å². The molecule has 24 heavy (non-hydrogen) atoms. The molecule has 1 aromatic carbocycles. The third-order valence-corrected chi connectivity index (χ3v) is 4.55. The van der Waals surface area contributed by atoms with Gasteiger partial charge in [0, 0.05) is 25.0 Å². The van der Waals surface area contributed by atoms with Gasteiger partial charge in [0.05, 0.1) is 0 Å². The smallest absolute Gasteiger partial charge is 0.267 e. The fourth-order valence-electron chi connectivity index (χ4n) is 3.13. The van der Waals surface area contributed by atoms with E-state index in [1.165, 1.54) is 12.8 Å². The van der Waals surface area contributed by atoms with Crippen LogP contribution in [0.2, 0.25) is 0 Å². The molecule has 0 aliphatic carbocycles. The van der Waals surface area contributed by atoms with Crippen molar-refractivity contribution < 1.29 is 4.79 Å². The first-order valence-electron chi connectivity index (χ1n) is 8.97. The molecule has 0 radical (unpaired) electrons. The van der Waals surface area contributed by atoms with E-state index < -0.39 is 0 Å². The number of nitrogens with zero attached hydrogens (tertiary/aromatic N) is 2. The minimum absolute atomic E-state index is 0.185. The molecule has 1 saturated heterocycles. The minimum Gasteiger partial charge on any atom is -0.376 e. The molecule has 1 N–H and O–H groups in total. The van der Waals surface area contributed by atoms with Crippen molar-refractivity contribution in [1.82, 2.24) is 4.90 Å². The third kappa shape index (κ3) is 4.61. The van der Waals surface area contributed by atoms with Gasteiger partial charge in [-0.15, -0.1) is 0 Å². The maximum Gasteiger partial charge on any atom is 0.267 e. The molecule has 1 amide bonds. The lowest BCUT2D eigenvalue weighted by molar-refractivity contribution is -0.112. The highest BCUT2D eigenvalue weighted by molar-refractivity contribution is 6.07. The van der Waals surface area contributed by atoms with Crippen LogP contribution < -0.4 is 5.32 Å². The van der Waals surface area contributed by atoms with Crippen LogP contribution in [0.3, 0.4) is 0 Å². The van der Waals surface area contributed by atoms with Gasteiger partial charge < -0.3 is 10.2 Å². The number of rotatable bonds is 5. The van der Waals surface area contributed by atoms with Gasteiger partial charge in [-0.1, -0.05) is 44.9 Å². The zero-order valence-electron chi connectivity index (χ0n) is 14.8. The van der Waals surface area contributed by atoms with Gasteiger partial charge >= 0.3 is 0 Å². The van der Waals surface area contributed by atoms with Gasteiger partial charge in [-0.3, -0.25) is 4.79 Å². The molecule has 0 bridgehead atoms. The van der Waals surface area contributed by atoms with E-state index in [1.807, 2.05) is 18.2 Å². The standard InChI is InChI=1S/C20H27N3O/c1-3-16-10-9-11-17(4-2)19(16)22-20(24)18(14-21)15-23-12-7-5-6-8-13-23/h9-11,15H,3-8,12-13H2,1-2H3,(H,22,24)/b18-15-. The second-order valence-electron chi connectivity index (χ2n) is 6.22. The van der Waals surface area contributed by atoms with Gasteiger partial charge in [-0.25, -0.2) is 0 Å². The van der Waals surface area contributed by atoms with Crippen LogP contribution >= 0.6 is 0 Å². The number of carbonyl (C=O) groups excluding carboxylic acids is 1. The Morgan fingerprint density at radius 1 is 1.17 bits per heavy atom. The van der Waals surface area contributed by atoms with E-state index >= 15 is 0 Å². The van der Waals surface area contributed by atoms with E-state index in [1.54, 1.807) is 6.20 Å². The topological polar surface area (TPSA) is 56.1 Å². The van der Waals surface area contributed by atoms with E-state index in [9.17, 15) is 10.1 Å². The summed E-state index contributed by atoms with van der Waals surface area (Å²) >= 11 is 0. The van der Waals surface area contributed by atoms with Crippen LogP contribution in [0.4, 0.5) is 5.69 Å². The van der Waals surface area contributed by atoms with Crippen molar-refractivity contribution in [2.75, 3.05) is 18.4 Å². The number of carbonyl (C=O) groups is 1. The number of para-hydroxylation sites is 1. The van der Waals surface area contributed by atoms with E-state index in [-0.39, 0.29) is 11.5 Å². The number of nitrogens with one attached hydrogen (secondary N) is 1. The molecule has 4 nitrogen and oxygen atoms in total. The first-order valence-corrected chi connectivity index (χ1v) is 8.97. The molecule has 0 saturated carbocycles. The van der Waals surface area contributed by atoms with Crippen molar-refractivity contribution in [2.45, 2.75) is 52.4 Å². The number of hydrogen-bond donors (Lipinski definition) is 1. The van der Waals surface area contributed by atoms with Crippen molar-refractivity contribution in [3.05, 3.63) is 41.1 Å². The van der Waals surface area contributed by atoms with Crippen LogP contribution in [0.1, 0.15) is 50.7 Å². The second-order valence-corrected chi connectivity index (χ2v) is 6.22. The average Bonchev–Trinajstić information content (AvgIpc) is 2.88. The van der Waals surface area contributed by atoms with Gasteiger partial charge in [0.2, 0.25) is 0 Å². The molecule has 1 fully saturated rings. The Kier molecular flexibility index (Phi) is 6.87. The van der Waals surface area contributed by atoms with Crippen molar-refractivity contribution in [3.63, 3.8) is 0 Å². The molecule has 0 atom stereocenters. The molecule has 0 spiro atoms. The lowest BCUT2D eigenvalue weighted by atomic mass is 10.0. The molecule has 4 heteroatoms. The third-order valence-electron chi connectivity index (χ3n) is 4.55. The van der Waals surface area contributed by atoms with Gasteiger partial charge in [0.1, 0.15) is 11.6 Å². The highest BCUT2D eigenvalue weighted by atomic mass is 16.1. The Balaban J connectivity index is 2.19. The molecule has 1 heterocycles. The number of aryl methyl sites for hydroxylation is 2. The SMILES string of the molecule is CCc1cccc(CC)c1NC(=O)/C(C#N)=C\N1CCCCCC1. The zero-order chi connectivity index (χ0) is 17.4. The summed E-state index contributed by atoms with van der Waals surface area (Å²) in [5.74, 6) is -0.308. The van der Waals surface area contributed by atoms with Crippen LogP contribution in [0, 0.1) is 11.3 Å². The molecular weight excluding hydrogens is 298 g/mol. The maximum absolute atomic E-state index is 12.6. The fourth-order valence-corrected chi connectivity index (χ4v) is 3.13. The van der Waals surface area contributed by atoms with Gasteiger partial charge in [0.15, 0.2) is 0 Å². The first kappa shape index (κ1) is 18.1. The van der Waals surface area contributed by atoms with E-state index in [4.69, 9.17) is 0 Å². The Morgan fingerprint density at radius 3 is 2.25 bits per heavy atom. The van der Waals surface area contributed by atoms with Crippen molar-refractivity contribution in [2.24, 2.45) is 0 Å². The Hall–Kier alpha value is -2.28. The Bertz CT molecular complexity index is 613. The molecule has 0 aromatic heterocycles. The average molecular weight is 325 g/mol. The largest absolute Gasteiger partial charge is 0.376 e. The van der Waals surface area contributed by atoms with E-state index in [0.717, 1.165) is 55.6 Å². The summed E-state index contributed by atoms with van der Waals surface area (Å²) in [4.78, 5) is 14.7. The van der Waals surface area contributed by atoms with E-state index in [0.29, 0.717) is 0 Å². The summed E-state index contributed by atoms with van der Waals surface area (Å²) in [7, 11) is 0. The van der Waals surface area contributed by atoms with Crippen LogP contribution in [-0.2, 0) is 17.6 Å². The van der Waals surface area contributed by atoms with Gasteiger partial charge in [-0.05, 0) is 36.8 Å². The van der Waals surface area contributed by atoms with Crippen molar-refractivity contribution >= 4 is 11.6 Å². The van der Waals surface area contributed by atoms with Gasteiger partial charge in [0.25, 0.3) is 5.91 Å². The molecular formula is C20H27N3O. The minimum atomic E-state index is -0.308. The molecule has 1 aromatic rings. The number of anilines is 1. The predicted octanol–water partition coefficient (Wildman–Crippen LogP) is 4.03. The maximum atomic E-state index is 12.6. The zero-order valence-corrected chi connectivity index (χ0v) is 14.8. The Labute approximate surface area is 145 Å². The van der Waals surface area contributed by atoms with Crippen LogP contribution in [0.5, 0.6) is 0 Å². The normalized spacial score (nSPS) is 15.5. The van der Waals surface area contributed by atoms with E-state index in [2.05, 4.69) is 30.1 Å². The van der Waals surface area contributed by atoms with Gasteiger partial charge in [-0.2, -0.15) is 5.26 Å². The van der Waals surface area contributed by atoms with Crippen LogP contribution in [-0.4, -0.2) is 23.9 Å². The number of amides is 1. The number of likely N-dealkylation sites (tertiary alicyclic amines) is 1. The predicted molar refractivity (Wildman–Crippen MR) is 97.6 cm³/mol. The summed E-state index contributed by atoms with van der Waals surface area (Å²) < 4.78 is 0. The highest BCUT2D eigenvalue weighted by Crippen LogP contribution is 2.23. The quantitative estimate of drug-likeness (QED) is 0.657. The number of benzene rings is 1. The lowest BCUT2D eigenvalue weighted by Gasteiger charge is -2.18. The lowest BCUT2D eigenvalue weighted by Crippen LogP contribution is -2.22. The Morgan fingerprint density at radius 2 is 1.75 bits per heavy atom. The number of nitriles is 1. The monoisotopic (exact) mass is 325 g/mol. The first-order chi connectivity index (χ1) is 11.7.